The quantitative estimate of drug-likeness (QED) is 0.591. The molecule has 1 amide bonds. The van der Waals surface area contributed by atoms with Crippen molar-refractivity contribution in [1.82, 2.24) is 0 Å². The van der Waals surface area contributed by atoms with Gasteiger partial charge in [0, 0.05) is 6.54 Å². The predicted molar refractivity (Wildman–Crippen MR) is 131 cm³/mol. The minimum atomic E-state index is -3.92. The summed E-state index contributed by atoms with van der Waals surface area (Å²) in [5, 5.41) is 0. The van der Waals surface area contributed by atoms with E-state index in [9.17, 15) is 13.2 Å². The van der Waals surface area contributed by atoms with E-state index in [-0.39, 0.29) is 23.2 Å². The minimum absolute atomic E-state index is 0.0424. The average Bonchev–Trinajstić information content (AvgIpc) is 2.86. The number of methoxy groups -OCH3 is 1. The van der Waals surface area contributed by atoms with Gasteiger partial charge in [0.25, 0.3) is 10.0 Å². The number of ether oxygens (including phenoxy) is 2. The van der Waals surface area contributed by atoms with Gasteiger partial charge in [0.2, 0.25) is 5.91 Å². The number of nitrogens with one attached hydrogen (secondary N) is 1. The molecule has 2 aromatic rings. The highest BCUT2D eigenvalue weighted by Gasteiger charge is 2.38. The molecule has 180 valence electrons. The lowest BCUT2D eigenvalue weighted by Gasteiger charge is -2.28. The molecule has 8 heteroatoms. The second-order valence-corrected chi connectivity index (χ2v) is 11.1. The first-order chi connectivity index (χ1) is 15.5. The van der Waals surface area contributed by atoms with E-state index in [1.807, 2.05) is 26.8 Å². The first-order valence-corrected chi connectivity index (χ1v) is 12.8. The van der Waals surface area contributed by atoms with Crippen LogP contribution in [-0.2, 0) is 21.2 Å². The van der Waals surface area contributed by atoms with Crippen LogP contribution in [0.15, 0.2) is 41.3 Å². The zero-order valence-corrected chi connectivity index (χ0v) is 21.1. The molecule has 1 aliphatic rings. The Morgan fingerprint density at radius 2 is 1.91 bits per heavy atom. The number of fused-ring (bicyclic) bond motifs is 1. The summed E-state index contributed by atoms with van der Waals surface area (Å²) in [6.07, 6.45) is 1.52. The molecule has 0 saturated heterocycles. The Balaban J connectivity index is 2.01. The van der Waals surface area contributed by atoms with Gasteiger partial charge in [-0.05, 0) is 68.5 Å². The number of rotatable bonds is 8. The maximum Gasteiger partial charge on any atom is 0.265 e. The molecule has 0 unspecified atom stereocenters. The second kappa shape index (κ2) is 9.63. The molecule has 0 fully saturated rings. The molecule has 1 aliphatic heterocycles. The zero-order chi connectivity index (χ0) is 24.4. The number of aryl methyl sites for hydroxylation is 1. The topological polar surface area (TPSA) is 84.9 Å². The Bertz CT molecular complexity index is 1130. The highest BCUT2D eigenvalue weighted by atomic mass is 32.2. The number of nitrogens with zero attached hydrogens (tertiary/aromatic N) is 1. The summed E-state index contributed by atoms with van der Waals surface area (Å²) in [7, 11) is -2.48. The fraction of sp³-hybridized carbons (Fsp3) is 0.480. The molecule has 33 heavy (non-hydrogen) atoms. The summed E-state index contributed by atoms with van der Waals surface area (Å²) in [5.74, 6) is 1.20. The Morgan fingerprint density at radius 1 is 1.18 bits per heavy atom. The van der Waals surface area contributed by atoms with Crippen LogP contribution in [0.2, 0.25) is 0 Å². The summed E-state index contributed by atoms with van der Waals surface area (Å²) in [4.78, 5) is 15.1. The molecule has 1 N–H and O–H groups in total. The number of anilines is 2. The number of amides is 1. The molecule has 0 aromatic heterocycles. The van der Waals surface area contributed by atoms with Gasteiger partial charge in [0.1, 0.15) is 23.0 Å². The monoisotopic (exact) mass is 474 g/mol. The van der Waals surface area contributed by atoms with Crippen molar-refractivity contribution in [1.29, 1.82) is 0 Å². The molecule has 0 atom stereocenters. The number of sulfonamides is 1. The smallest absolute Gasteiger partial charge is 0.265 e. The molecule has 0 aliphatic carbocycles. The van der Waals surface area contributed by atoms with Crippen LogP contribution in [0.3, 0.4) is 0 Å². The third-order valence-corrected chi connectivity index (χ3v) is 7.17. The van der Waals surface area contributed by atoms with Crippen molar-refractivity contribution in [3.8, 4) is 11.5 Å². The average molecular weight is 475 g/mol. The molecule has 0 spiro atoms. The summed E-state index contributed by atoms with van der Waals surface area (Å²) in [6, 6.07) is 10.2. The normalized spacial score (nSPS) is 15.6. The largest absolute Gasteiger partial charge is 0.495 e. The van der Waals surface area contributed by atoms with E-state index in [1.54, 1.807) is 35.2 Å². The molecular formula is C25H34N2O5S. The summed E-state index contributed by atoms with van der Waals surface area (Å²) < 4.78 is 40.4. The SMILES string of the molecule is CCc1ccc(OC)c(S(=O)(=O)Nc2ccc3c(c2)N(CCC(C)C)C(=O)C(C)(C)CO3)c1. The van der Waals surface area contributed by atoms with E-state index < -0.39 is 15.4 Å². The van der Waals surface area contributed by atoms with E-state index >= 15 is 0 Å². The Hall–Kier alpha value is -2.74. The standard InChI is InChI=1S/C25H34N2O5S/c1-7-18-8-10-22(31-6)23(14-18)33(29,30)26-19-9-11-21-20(15-19)27(13-12-17(2)3)24(28)25(4,5)16-32-21/h8-11,14-15,17,26H,7,12-13,16H2,1-6H3. The van der Waals surface area contributed by atoms with E-state index in [1.165, 1.54) is 7.11 Å². The van der Waals surface area contributed by atoms with Gasteiger partial charge in [-0.3, -0.25) is 9.52 Å². The van der Waals surface area contributed by atoms with Gasteiger partial charge in [-0.2, -0.15) is 0 Å². The van der Waals surface area contributed by atoms with E-state index in [2.05, 4.69) is 18.6 Å². The van der Waals surface area contributed by atoms with Crippen LogP contribution in [0.4, 0.5) is 11.4 Å². The summed E-state index contributed by atoms with van der Waals surface area (Å²) >= 11 is 0. The lowest BCUT2D eigenvalue weighted by atomic mass is 9.92. The van der Waals surface area contributed by atoms with Crippen LogP contribution < -0.4 is 19.1 Å². The van der Waals surface area contributed by atoms with E-state index in [0.29, 0.717) is 36.0 Å². The predicted octanol–water partition coefficient (Wildman–Crippen LogP) is 4.86. The molecule has 2 aromatic carbocycles. The van der Waals surface area contributed by atoms with Crippen LogP contribution in [0.25, 0.3) is 0 Å². The number of hydrogen-bond acceptors (Lipinski definition) is 5. The van der Waals surface area contributed by atoms with Gasteiger partial charge in [0.15, 0.2) is 0 Å². The second-order valence-electron chi connectivity index (χ2n) is 9.44. The highest BCUT2D eigenvalue weighted by Crippen LogP contribution is 2.39. The lowest BCUT2D eigenvalue weighted by molar-refractivity contribution is -0.127. The molecule has 0 bridgehead atoms. The van der Waals surface area contributed by atoms with Crippen molar-refractivity contribution in [2.75, 3.05) is 29.9 Å². The van der Waals surface area contributed by atoms with Crippen LogP contribution in [-0.4, -0.2) is 34.6 Å². The summed E-state index contributed by atoms with van der Waals surface area (Å²) in [6.45, 7) is 10.7. The third-order valence-electron chi connectivity index (χ3n) is 5.77. The number of carbonyl (C=O) groups is 1. The van der Waals surface area contributed by atoms with Crippen LogP contribution in [0.1, 0.15) is 46.6 Å². The fourth-order valence-corrected chi connectivity index (χ4v) is 4.95. The molecule has 0 saturated carbocycles. The van der Waals surface area contributed by atoms with Crippen LogP contribution in [0, 0.1) is 11.3 Å². The first-order valence-electron chi connectivity index (χ1n) is 11.3. The Morgan fingerprint density at radius 3 is 2.55 bits per heavy atom. The van der Waals surface area contributed by atoms with Gasteiger partial charge in [-0.1, -0.05) is 26.8 Å². The van der Waals surface area contributed by atoms with Gasteiger partial charge >= 0.3 is 0 Å². The van der Waals surface area contributed by atoms with Gasteiger partial charge in [-0.15, -0.1) is 0 Å². The molecule has 3 rings (SSSR count). The van der Waals surface area contributed by atoms with Gasteiger partial charge in [-0.25, -0.2) is 8.42 Å². The van der Waals surface area contributed by atoms with Crippen molar-refractivity contribution < 1.29 is 22.7 Å². The van der Waals surface area contributed by atoms with Crippen LogP contribution in [0.5, 0.6) is 11.5 Å². The van der Waals surface area contributed by atoms with Crippen molar-refractivity contribution in [3.63, 3.8) is 0 Å². The van der Waals surface area contributed by atoms with Crippen molar-refractivity contribution in [2.24, 2.45) is 11.3 Å². The molecular weight excluding hydrogens is 440 g/mol. The highest BCUT2D eigenvalue weighted by molar-refractivity contribution is 7.92. The van der Waals surface area contributed by atoms with Crippen molar-refractivity contribution in [3.05, 3.63) is 42.0 Å². The van der Waals surface area contributed by atoms with Crippen molar-refractivity contribution in [2.45, 2.75) is 52.4 Å². The maximum atomic E-state index is 13.3. The number of hydrogen-bond donors (Lipinski definition) is 1. The fourth-order valence-electron chi connectivity index (χ4n) is 3.68. The molecule has 0 radical (unpaired) electrons. The van der Waals surface area contributed by atoms with Crippen LogP contribution >= 0.6 is 0 Å². The number of benzene rings is 2. The minimum Gasteiger partial charge on any atom is -0.495 e. The first kappa shape index (κ1) is 24.9. The number of carbonyl (C=O) groups excluding carboxylic acids is 1. The Kier molecular flexibility index (Phi) is 7.26. The lowest BCUT2D eigenvalue weighted by Crippen LogP contribution is -2.42. The zero-order valence-electron chi connectivity index (χ0n) is 20.3. The summed E-state index contributed by atoms with van der Waals surface area (Å²) in [5.41, 5.74) is 1.12. The van der Waals surface area contributed by atoms with Crippen molar-refractivity contribution >= 4 is 27.3 Å². The van der Waals surface area contributed by atoms with Gasteiger partial charge < -0.3 is 14.4 Å². The Labute approximate surface area is 197 Å². The van der Waals surface area contributed by atoms with Gasteiger partial charge in [0.05, 0.1) is 23.9 Å². The third kappa shape index (κ3) is 5.43. The molecule has 1 heterocycles. The van der Waals surface area contributed by atoms with E-state index in [4.69, 9.17) is 9.47 Å². The maximum absolute atomic E-state index is 13.3. The van der Waals surface area contributed by atoms with E-state index in [0.717, 1.165) is 12.0 Å². The molecule has 7 nitrogen and oxygen atoms in total.